The number of nitrogens with two attached hydrogens (primary N) is 1. The highest BCUT2D eigenvalue weighted by atomic mass is 16.6. The average molecular weight is 230 g/mol. The van der Waals surface area contributed by atoms with Gasteiger partial charge in [0.05, 0.1) is 16.8 Å². The Bertz CT molecular complexity index is 542. The van der Waals surface area contributed by atoms with Crippen LogP contribution in [0.1, 0.15) is 0 Å². The number of nitrogens with zero attached hydrogens (tertiary/aromatic N) is 2. The number of nitrogens with one attached hydrogen (secondary N) is 1. The molecule has 1 aromatic heterocycles. The second-order valence-electron chi connectivity index (χ2n) is 3.40. The van der Waals surface area contributed by atoms with E-state index in [-0.39, 0.29) is 11.4 Å². The van der Waals surface area contributed by atoms with Crippen molar-refractivity contribution in [2.75, 3.05) is 11.1 Å². The van der Waals surface area contributed by atoms with Crippen molar-refractivity contribution in [3.05, 3.63) is 52.8 Å². The molecule has 0 bridgehead atoms. The van der Waals surface area contributed by atoms with E-state index in [9.17, 15) is 10.1 Å². The van der Waals surface area contributed by atoms with Gasteiger partial charge in [0.15, 0.2) is 0 Å². The van der Waals surface area contributed by atoms with Crippen LogP contribution in [0.15, 0.2) is 42.7 Å². The van der Waals surface area contributed by atoms with Crippen molar-refractivity contribution >= 4 is 22.7 Å². The maximum absolute atomic E-state index is 10.6. The van der Waals surface area contributed by atoms with Crippen LogP contribution in [0, 0.1) is 10.1 Å². The normalized spacial score (nSPS) is 9.88. The number of nitro benzene ring substituents is 1. The minimum atomic E-state index is -0.511. The van der Waals surface area contributed by atoms with E-state index in [0.29, 0.717) is 5.69 Å². The lowest BCUT2D eigenvalue weighted by molar-refractivity contribution is -0.383. The SMILES string of the molecule is Nc1cc(Nc2cccnc2)ccc1[N+](=O)[O-]. The van der Waals surface area contributed by atoms with Crippen LogP contribution in [-0.2, 0) is 0 Å². The molecule has 2 aromatic rings. The van der Waals surface area contributed by atoms with Gasteiger partial charge in [0, 0.05) is 18.0 Å². The third-order valence-electron chi connectivity index (χ3n) is 2.17. The molecule has 0 aliphatic heterocycles. The van der Waals surface area contributed by atoms with Crippen LogP contribution in [0.4, 0.5) is 22.7 Å². The van der Waals surface area contributed by atoms with Gasteiger partial charge in [-0.2, -0.15) is 0 Å². The van der Waals surface area contributed by atoms with E-state index in [1.54, 1.807) is 24.5 Å². The summed E-state index contributed by atoms with van der Waals surface area (Å²) in [5, 5.41) is 13.6. The lowest BCUT2D eigenvalue weighted by Gasteiger charge is -2.06. The van der Waals surface area contributed by atoms with Crippen molar-refractivity contribution in [2.45, 2.75) is 0 Å². The van der Waals surface area contributed by atoms with Gasteiger partial charge < -0.3 is 11.1 Å². The Morgan fingerprint density at radius 2 is 2.12 bits per heavy atom. The van der Waals surface area contributed by atoms with E-state index in [0.717, 1.165) is 5.69 Å². The number of benzene rings is 1. The number of anilines is 3. The van der Waals surface area contributed by atoms with Crippen molar-refractivity contribution in [3.63, 3.8) is 0 Å². The van der Waals surface area contributed by atoms with E-state index >= 15 is 0 Å². The van der Waals surface area contributed by atoms with Crippen LogP contribution >= 0.6 is 0 Å². The van der Waals surface area contributed by atoms with Crippen LogP contribution in [0.3, 0.4) is 0 Å². The summed E-state index contributed by atoms with van der Waals surface area (Å²) in [6, 6.07) is 8.11. The van der Waals surface area contributed by atoms with Crippen molar-refractivity contribution in [1.29, 1.82) is 0 Å². The van der Waals surface area contributed by atoms with Crippen molar-refractivity contribution in [3.8, 4) is 0 Å². The summed E-state index contributed by atoms with van der Waals surface area (Å²) >= 11 is 0. The second-order valence-corrected chi connectivity index (χ2v) is 3.40. The first-order valence-electron chi connectivity index (χ1n) is 4.88. The molecule has 0 atom stereocenters. The third-order valence-corrected chi connectivity index (χ3v) is 2.17. The van der Waals surface area contributed by atoms with Crippen molar-refractivity contribution < 1.29 is 4.92 Å². The lowest BCUT2D eigenvalue weighted by Crippen LogP contribution is -1.97. The number of hydrogen-bond donors (Lipinski definition) is 2. The monoisotopic (exact) mass is 230 g/mol. The predicted octanol–water partition coefficient (Wildman–Crippen LogP) is 2.32. The van der Waals surface area contributed by atoms with Gasteiger partial charge in [0.25, 0.3) is 5.69 Å². The number of hydrogen-bond acceptors (Lipinski definition) is 5. The van der Waals surface area contributed by atoms with Gasteiger partial charge >= 0.3 is 0 Å². The fourth-order valence-corrected chi connectivity index (χ4v) is 1.40. The van der Waals surface area contributed by atoms with E-state index in [2.05, 4.69) is 10.3 Å². The minimum absolute atomic E-state index is 0.0956. The summed E-state index contributed by atoms with van der Waals surface area (Å²) in [6.07, 6.45) is 3.31. The lowest BCUT2D eigenvalue weighted by atomic mass is 10.2. The topological polar surface area (TPSA) is 94.1 Å². The predicted molar refractivity (Wildman–Crippen MR) is 65.0 cm³/mol. The molecule has 0 spiro atoms. The maximum atomic E-state index is 10.6. The van der Waals surface area contributed by atoms with Crippen molar-refractivity contribution in [2.24, 2.45) is 0 Å². The molecule has 0 radical (unpaired) electrons. The van der Waals surface area contributed by atoms with Crippen LogP contribution in [0.2, 0.25) is 0 Å². The fraction of sp³-hybridized carbons (Fsp3) is 0. The first kappa shape index (κ1) is 10.9. The van der Waals surface area contributed by atoms with Gasteiger partial charge in [0.2, 0.25) is 0 Å². The molecule has 0 aliphatic rings. The third kappa shape index (κ3) is 2.49. The number of nitrogen functional groups attached to an aromatic ring is 1. The van der Waals surface area contributed by atoms with Gasteiger partial charge in [-0.05, 0) is 24.3 Å². The summed E-state index contributed by atoms with van der Waals surface area (Å²) in [7, 11) is 0. The minimum Gasteiger partial charge on any atom is -0.393 e. The van der Waals surface area contributed by atoms with Gasteiger partial charge in [0.1, 0.15) is 5.69 Å². The highest BCUT2D eigenvalue weighted by Gasteiger charge is 2.10. The first-order valence-corrected chi connectivity index (χ1v) is 4.88. The Labute approximate surface area is 97.3 Å². The molecule has 1 aromatic carbocycles. The smallest absolute Gasteiger partial charge is 0.292 e. The molecule has 0 amide bonds. The quantitative estimate of drug-likeness (QED) is 0.479. The molecular formula is C11H10N4O2. The molecule has 2 rings (SSSR count). The van der Waals surface area contributed by atoms with Crippen LogP contribution in [-0.4, -0.2) is 9.91 Å². The zero-order valence-corrected chi connectivity index (χ0v) is 8.83. The average Bonchev–Trinajstić information content (AvgIpc) is 2.30. The zero-order chi connectivity index (χ0) is 12.3. The van der Waals surface area contributed by atoms with Gasteiger partial charge in [-0.25, -0.2) is 0 Å². The standard InChI is InChI=1S/C11H10N4O2/c12-10-6-8(3-4-11(10)15(16)17)14-9-2-1-5-13-7-9/h1-7,14H,12H2. The number of rotatable bonds is 3. The first-order chi connectivity index (χ1) is 8.16. The highest BCUT2D eigenvalue weighted by Crippen LogP contribution is 2.26. The summed E-state index contributed by atoms with van der Waals surface area (Å²) in [4.78, 5) is 14.0. The Kier molecular flexibility index (Phi) is 2.87. The molecule has 0 saturated heterocycles. The number of nitro groups is 1. The van der Waals surface area contributed by atoms with Crippen LogP contribution in [0.25, 0.3) is 0 Å². The molecule has 0 fully saturated rings. The zero-order valence-electron chi connectivity index (χ0n) is 8.83. The van der Waals surface area contributed by atoms with E-state index < -0.39 is 4.92 Å². The molecule has 0 unspecified atom stereocenters. The van der Waals surface area contributed by atoms with Crippen LogP contribution < -0.4 is 11.1 Å². The van der Waals surface area contributed by atoms with Crippen LogP contribution in [0.5, 0.6) is 0 Å². The number of aromatic nitrogens is 1. The number of pyridine rings is 1. The maximum Gasteiger partial charge on any atom is 0.292 e. The fourth-order valence-electron chi connectivity index (χ4n) is 1.40. The molecule has 6 heteroatoms. The summed E-state index contributed by atoms with van der Waals surface area (Å²) in [6.45, 7) is 0. The molecule has 0 aliphatic carbocycles. The van der Waals surface area contributed by atoms with Gasteiger partial charge in [-0.1, -0.05) is 0 Å². The molecule has 1 heterocycles. The molecule has 0 saturated carbocycles. The van der Waals surface area contributed by atoms with E-state index in [1.165, 1.54) is 12.1 Å². The molecule has 6 nitrogen and oxygen atoms in total. The summed E-state index contributed by atoms with van der Waals surface area (Å²) in [5.74, 6) is 0. The molecule has 86 valence electrons. The summed E-state index contributed by atoms with van der Waals surface area (Å²) in [5.41, 5.74) is 7.09. The Morgan fingerprint density at radius 3 is 2.71 bits per heavy atom. The Balaban J connectivity index is 2.24. The largest absolute Gasteiger partial charge is 0.393 e. The van der Waals surface area contributed by atoms with Gasteiger partial charge in [-0.3, -0.25) is 15.1 Å². The Morgan fingerprint density at radius 1 is 1.29 bits per heavy atom. The van der Waals surface area contributed by atoms with Gasteiger partial charge in [-0.15, -0.1) is 0 Å². The molecule has 3 N–H and O–H groups in total. The molecule has 17 heavy (non-hydrogen) atoms. The highest BCUT2D eigenvalue weighted by molar-refractivity contribution is 5.69. The molecular weight excluding hydrogens is 220 g/mol. The van der Waals surface area contributed by atoms with Crippen molar-refractivity contribution in [1.82, 2.24) is 4.98 Å². The Hall–Kier alpha value is -2.63. The van der Waals surface area contributed by atoms with E-state index in [4.69, 9.17) is 5.73 Å². The van der Waals surface area contributed by atoms with E-state index in [1.807, 2.05) is 6.07 Å². The summed E-state index contributed by atoms with van der Waals surface area (Å²) < 4.78 is 0. The second kappa shape index (κ2) is 4.48.